The summed E-state index contributed by atoms with van der Waals surface area (Å²) in [5.41, 5.74) is 2.70. The molecule has 1 rings (SSSR count). The molecule has 1 aromatic rings. The van der Waals surface area contributed by atoms with Gasteiger partial charge in [0.15, 0.2) is 0 Å². The van der Waals surface area contributed by atoms with Gasteiger partial charge in [-0.25, -0.2) is 0 Å². The summed E-state index contributed by atoms with van der Waals surface area (Å²) in [5, 5.41) is 0. The lowest BCUT2D eigenvalue weighted by atomic mass is 10.00. The quantitative estimate of drug-likeness (QED) is 0.680. The van der Waals surface area contributed by atoms with Gasteiger partial charge >= 0.3 is 0 Å². The van der Waals surface area contributed by atoms with Crippen molar-refractivity contribution < 1.29 is 0 Å². The van der Waals surface area contributed by atoms with Gasteiger partial charge < -0.3 is 0 Å². The lowest BCUT2D eigenvalue weighted by molar-refractivity contribution is 0.720. The minimum atomic E-state index is 0.625. The van der Waals surface area contributed by atoms with Crippen LogP contribution < -0.4 is 0 Å². The van der Waals surface area contributed by atoms with E-state index in [4.69, 9.17) is 0 Å². The molecule has 0 heterocycles. The fraction of sp³-hybridized carbons (Fsp3) is 0.429. The van der Waals surface area contributed by atoms with Gasteiger partial charge in [0.25, 0.3) is 0 Å². The highest BCUT2D eigenvalue weighted by Crippen LogP contribution is 2.19. The molecule has 0 aromatic heterocycles. The zero-order valence-electron chi connectivity index (χ0n) is 9.76. The van der Waals surface area contributed by atoms with Gasteiger partial charge in [-0.15, -0.1) is 0 Å². The highest BCUT2D eigenvalue weighted by atomic mass is 79.9. The van der Waals surface area contributed by atoms with Gasteiger partial charge in [-0.3, -0.25) is 0 Å². The van der Waals surface area contributed by atoms with E-state index in [2.05, 4.69) is 67.1 Å². The van der Waals surface area contributed by atoms with Gasteiger partial charge in [0.1, 0.15) is 0 Å². The molecule has 1 unspecified atom stereocenters. The summed E-state index contributed by atoms with van der Waals surface area (Å²) in [6.45, 7) is 6.56. The first-order chi connectivity index (χ1) is 7.13. The molecule has 1 atom stereocenters. The number of allylic oxidation sites excluding steroid dienone is 2. The van der Waals surface area contributed by atoms with Crippen LogP contribution in [0.4, 0.5) is 0 Å². The van der Waals surface area contributed by atoms with Crippen molar-refractivity contribution in [1.29, 1.82) is 0 Å². The molecule has 82 valence electrons. The average molecular weight is 267 g/mol. The Morgan fingerprint density at radius 1 is 1.40 bits per heavy atom. The fourth-order valence-corrected chi connectivity index (χ4v) is 2.00. The first-order valence-corrected chi connectivity index (χ1v) is 6.34. The van der Waals surface area contributed by atoms with Crippen LogP contribution in [-0.4, -0.2) is 0 Å². The minimum absolute atomic E-state index is 0.625. The van der Waals surface area contributed by atoms with Crippen LogP contribution in [-0.2, 0) is 6.42 Å². The van der Waals surface area contributed by atoms with Gasteiger partial charge in [0, 0.05) is 4.47 Å². The Morgan fingerprint density at radius 3 is 2.73 bits per heavy atom. The third-order valence-electron chi connectivity index (χ3n) is 2.49. The lowest BCUT2D eigenvalue weighted by Crippen LogP contribution is -1.96. The maximum absolute atomic E-state index is 3.57. The predicted molar refractivity (Wildman–Crippen MR) is 71.2 cm³/mol. The van der Waals surface area contributed by atoms with Crippen LogP contribution in [0.5, 0.6) is 0 Å². The maximum Gasteiger partial charge on any atom is 0.0207 e. The Bertz CT molecular complexity index is 339. The molecule has 0 amide bonds. The number of hydrogen-bond donors (Lipinski definition) is 0. The first kappa shape index (κ1) is 12.5. The molecule has 15 heavy (non-hydrogen) atoms. The summed E-state index contributed by atoms with van der Waals surface area (Å²) in [6.07, 6.45) is 6.79. The molecule has 0 nitrogen and oxygen atoms in total. The molecule has 1 aromatic carbocycles. The van der Waals surface area contributed by atoms with Crippen LogP contribution in [0.2, 0.25) is 0 Å². The molecule has 0 aliphatic heterocycles. The van der Waals surface area contributed by atoms with Gasteiger partial charge in [-0.05, 0) is 42.9 Å². The van der Waals surface area contributed by atoms with E-state index in [-0.39, 0.29) is 0 Å². The van der Waals surface area contributed by atoms with E-state index >= 15 is 0 Å². The number of aryl methyl sites for hydroxylation is 1. The number of rotatable bonds is 4. The lowest BCUT2D eigenvalue weighted by Gasteiger charge is -2.08. The van der Waals surface area contributed by atoms with E-state index in [1.807, 2.05) is 0 Å². The summed E-state index contributed by atoms with van der Waals surface area (Å²) in [6, 6.07) is 6.62. The monoisotopic (exact) mass is 266 g/mol. The molecule has 0 saturated heterocycles. The largest absolute Gasteiger partial charge is 0.0885 e. The molecular formula is C14H19Br. The molecular weight excluding hydrogens is 248 g/mol. The predicted octanol–water partition coefficient (Wildman–Crippen LogP) is 4.90. The minimum Gasteiger partial charge on any atom is -0.0885 e. The molecule has 0 saturated carbocycles. The number of benzene rings is 1. The fourth-order valence-electron chi connectivity index (χ4n) is 1.57. The van der Waals surface area contributed by atoms with Crippen LogP contribution in [0.15, 0.2) is 34.8 Å². The highest BCUT2D eigenvalue weighted by molar-refractivity contribution is 9.10. The summed E-state index contributed by atoms with van der Waals surface area (Å²) in [4.78, 5) is 0. The molecule has 0 N–H and O–H groups in total. The molecule has 0 aliphatic carbocycles. The Balaban J connectivity index is 2.64. The maximum atomic E-state index is 3.57. The molecule has 0 spiro atoms. The third-order valence-corrected chi connectivity index (χ3v) is 3.35. The number of hydrogen-bond acceptors (Lipinski definition) is 0. The van der Waals surface area contributed by atoms with Gasteiger partial charge in [-0.2, -0.15) is 0 Å². The van der Waals surface area contributed by atoms with Crippen LogP contribution in [0, 0.1) is 12.8 Å². The molecule has 0 radical (unpaired) electrons. The van der Waals surface area contributed by atoms with E-state index in [9.17, 15) is 0 Å². The Hall–Kier alpha value is -0.560. The Kier molecular flexibility index (Phi) is 5.10. The summed E-state index contributed by atoms with van der Waals surface area (Å²) in [7, 11) is 0. The zero-order valence-corrected chi connectivity index (χ0v) is 11.3. The van der Waals surface area contributed by atoms with Crippen molar-refractivity contribution in [3.05, 3.63) is 46.0 Å². The van der Waals surface area contributed by atoms with Crippen LogP contribution in [0.1, 0.15) is 31.4 Å². The van der Waals surface area contributed by atoms with E-state index < -0.39 is 0 Å². The van der Waals surface area contributed by atoms with Crippen molar-refractivity contribution in [2.75, 3.05) is 0 Å². The van der Waals surface area contributed by atoms with Crippen LogP contribution in [0.3, 0.4) is 0 Å². The average Bonchev–Trinajstić information content (AvgIpc) is 2.20. The SMILES string of the molecule is CC/C=C\C(C)Cc1ccc(C)c(Br)c1. The normalized spacial score (nSPS) is 13.3. The number of halogens is 1. The van der Waals surface area contributed by atoms with Crippen LogP contribution >= 0.6 is 15.9 Å². The summed E-state index contributed by atoms with van der Waals surface area (Å²) >= 11 is 3.57. The van der Waals surface area contributed by atoms with Crippen molar-refractivity contribution in [3.63, 3.8) is 0 Å². The van der Waals surface area contributed by atoms with Crippen molar-refractivity contribution >= 4 is 15.9 Å². The van der Waals surface area contributed by atoms with E-state index in [1.54, 1.807) is 0 Å². The van der Waals surface area contributed by atoms with Crippen molar-refractivity contribution in [3.8, 4) is 0 Å². The van der Waals surface area contributed by atoms with Gasteiger partial charge in [0.2, 0.25) is 0 Å². The van der Waals surface area contributed by atoms with E-state index in [1.165, 1.54) is 15.6 Å². The second-order valence-electron chi connectivity index (χ2n) is 4.10. The highest BCUT2D eigenvalue weighted by Gasteiger charge is 2.01. The van der Waals surface area contributed by atoms with Crippen molar-refractivity contribution in [2.45, 2.75) is 33.6 Å². The van der Waals surface area contributed by atoms with Crippen molar-refractivity contribution in [2.24, 2.45) is 5.92 Å². The van der Waals surface area contributed by atoms with Gasteiger partial charge in [0.05, 0.1) is 0 Å². The standard InChI is InChI=1S/C14H19Br/c1-4-5-6-11(2)9-13-8-7-12(3)14(15)10-13/h5-8,10-11H,4,9H2,1-3H3/b6-5-. The van der Waals surface area contributed by atoms with Crippen molar-refractivity contribution in [1.82, 2.24) is 0 Å². The van der Waals surface area contributed by atoms with E-state index in [0.717, 1.165) is 12.8 Å². The smallest absolute Gasteiger partial charge is 0.0207 e. The summed E-state index contributed by atoms with van der Waals surface area (Å²) in [5.74, 6) is 0.625. The van der Waals surface area contributed by atoms with Gasteiger partial charge in [-0.1, -0.05) is 54.1 Å². The Morgan fingerprint density at radius 2 is 2.13 bits per heavy atom. The third kappa shape index (κ3) is 4.21. The first-order valence-electron chi connectivity index (χ1n) is 5.55. The molecule has 0 aliphatic rings. The topological polar surface area (TPSA) is 0 Å². The van der Waals surface area contributed by atoms with E-state index in [0.29, 0.717) is 5.92 Å². The molecule has 0 fully saturated rings. The molecule has 1 heteroatoms. The molecule has 0 bridgehead atoms. The zero-order chi connectivity index (χ0) is 11.3. The van der Waals surface area contributed by atoms with Crippen LogP contribution in [0.25, 0.3) is 0 Å². The second kappa shape index (κ2) is 6.12. The Labute approximate surface area is 102 Å². The second-order valence-corrected chi connectivity index (χ2v) is 4.96. The summed E-state index contributed by atoms with van der Waals surface area (Å²) < 4.78 is 1.21.